The van der Waals surface area contributed by atoms with Crippen molar-refractivity contribution in [3.05, 3.63) is 77.2 Å². The van der Waals surface area contributed by atoms with Crippen LogP contribution in [-0.4, -0.2) is 60.4 Å². The number of carbonyl (C=O) groups excluding carboxylic acids is 1. The summed E-state index contributed by atoms with van der Waals surface area (Å²) >= 11 is 0. The van der Waals surface area contributed by atoms with Crippen molar-refractivity contribution in [1.29, 1.82) is 0 Å². The fourth-order valence-electron chi connectivity index (χ4n) is 4.18. The van der Waals surface area contributed by atoms with E-state index in [1.165, 1.54) is 12.1 Å². The van der Waals surface area contributed by atoms with Crippen molar-refractivity contribution in [2.24, 2.45) is 0 Å². The number of nitrogens with one attached hydrogen (secondary N) is 1. The molecule has 2 aromatic carbocycles. The predicted octanol–water partition coefficient (Wildman–Crippen LogP) is 3.98. The summed E-state index contributed by atoms with van der Waals surface area (Å²) in [4.78, 5) is 20.0. The molecule has 186 valence electrons. The molecule has 4 aromatic rings. The normalized spacial score (nSPS) is 14.2. The van der Waals surface area contributed by atoms with Gasteiger partial charge in [0.1, 0.15) is 18.2 Å². The SMILES string of the molecule is Cc1noc2nc(-c3ccc(F)cc3)cc(C(=O)NCc3cccc(OCCN4CCOCC4)c3)c12. The number of fused-ring (bicyclic) bond motifs is 1. The Morgan fingerprint density at radius 3 is 2.75 bits per heavy atom. The Balaban J connectivity index is 1.27. The number of rotatable bonds is 8. The smallest absolute Gasteiger partial charge is 0.259 e. The molecule has 1 fully saturated rings. The number of hydrogen-bond donors (Lipinski definition) is 1. The van der Waals surface area contributed by atoms with Crippen LogP contribution in [0.2, 0.25) is 0 Å². The fraction of sp³-hybridized carbons (Fsp3) is 0.296. The summed E-state index contributed by atoms with van der Waals surface area (Å²) in [5.41, 5.74) is 3.32. The highest BCUT2D eigenvalue weighted by Crippen LogP contribution is 2.27. The van der Waals surface area contributed by atoms with Crippen LogP contribution in [0, 0.1) is 12.7 Å². The Morgan fingerprint density at radius 2 is 1.94 bits per heavy atom. The van der Waals surface area contributed by atoms with Crippen molar-refractivity contribution in [1.82, 2.24) is 20.4 Å². The standard InChI is InChI=1S/C27H27FN4O4/c1-18-25-23(16-24(30-27(25)36-31-18)20-5-7-21(28)8-6-20)26(33)29-17-19-3-2-4-22(15-19)35-14-11-32-9-12-34-13-10-32/h2-8,15-16H,9-14,17H2,1H3,(H,29,33). The molecule has 36 heavy (non-hydrogen) atoms. The third-order valence-electron chi connectivity index (χ3n) is 6.13. The summed E-state index contributed by atoms with van der Waals surface area (Å²) in [6.45, 7) is 6.88. The molecule has 0 spiro atoms. The van der Waals surface area contributed by atoms with Crippen LogP contribution >= 0.6 is 0 Å². The number of aryl methyl sites for hydroxylation is 1. The highest BCUT2D eigenvalue weighted by molar-refractivity contribution is 6.06. The zero-order chi connectivity index (χ0) is 24.9. The van der Waals surface area contributed by atoms with Crippen molar-refractivity contribution in [2.45, 2.75) is 13.5 Å². The Morgan fingerprint density at radius 1 is 1.14 bits per heavy atom. The Bertz CT molecular complexity index is 1350. The number of hydrogen-bond acceptors (Lipinski definition) is 7. The molecule has 0 saturated carbocycles. The number of morpholine rings is 1. The van der Waals surface area contributed by atoms with Crippen LogP contribution in [-0.2, 0) is 11.3 Å². The van der Waals surface area contributed by atoms with Crippen molar-refractivity contribution in [3.63, 3.8) is 0 Å². The number of aromatic nitrogens is 2. The van der Waals surface area contributed by atoms with Gasteiger partial charge in [-0.05, 0) is 55.0 Å². The Hall–Kier alpha value is -3.82. The topological polar surface area (TPSA) is 89.7 Å². The second kappa shape index (κ2) is 10.8. The quantitative estimate of drug-likeness (QED) is 0.400. The van der Waals surface area contributed by atoms with Crippen LogP contribution < -0.4 is 10.1 Å². The van der Waals surface area contributed by atoms with Crippen molar-refractivity contribution in [3.8, 4) is 17.0 Å². The molecule has 1 aliphatic heterocycles. The van der Waals surface area contributed by atoms with E-state index in [-0.39, 0.29) is 17.4 Å². The second-order valence-corrected chi connectivity index (χ2v) is 8.64. The van der Waals surface area contributed by atoms with E-state index in [1.807, 2.05) is 24.3 Å². The largest absolute Gasteiger partial charge is 0.492 e. The van der Waals surface area contributed by atoms with Crippen molar-refractivity contribution >= 4 is 17.0 Å². The van der Waals surface area contributed by atoms with Crippen LogP contribution in [0.1, 0.15) is 21.6 Å². The van der Waals surface area contributed by atoms with E-state index in [0.29, 0.717) is 41.1 Å². The molecule has 0 unspecified atom stereocenters. The summed E-state index contributed by atoms with van der Waals surface area (Å²) in [7, 11) is 0. The molecule has 0 aliphatic carbocycles. The average molecular weight is 491 g/mol. The molecule has 3 heterocycles. The lowest BCUT2D eigenvalue weighted by molar-refractivity contribution is 0.0322. The third kappa shape index (κ3) is 5.53. The van der Waals surface area contributed by atoms with Gasteiger partial charge in [0.25, 0.3) is 11.6 Å². The zero-order valence-electron chi connectivity index (χ0n) is 20.0. The minimum absolute atomic E-state index is 0.259. The van der Waals surface area contributed by atoms with E-state index in [2.05, 4.69) is 20.4 Å². The van der Waals surface area contributed by atoms with Gasteiger partial charge in [-0.2, -0.15) is 0 Å². The Labute approximate surface area is 208 Å². The predicted molar refractivity (Wildman–Crippen MR) is 132 cm³/mol. The molecule has 1 amide bonds. The van der Waals surface area contributed by atoms with Crippen LogP contribution in [0.25, 0.3) is 22.4 Å². The molecular formula is C27H27FN4O4. The number of amides is 1. The monoisotopic (exact) mass is 490 g/mol. The maximum Gasteiger partial charge on any atom is 0.259 e. The first-order valence-electron chi connectivity index (χ1n) is 11.9. The zero-order valence-corrected chi connectivity index (χ0v) is 20.0. The van der Waals surface area contributed by atoms with Gasteiger partial charge in [0.15, 0.2) is 0 Å². The lowest BCUT2D eigenvalue weighted by Crippen LogP contribution is -2.38. The van der Waals surface area contributed by atoms with Gasteiger partial charge < -0.3 is 19.3 Å². The van der Waals surface area contributed by atoms with Gasteiger partial charge >= 0.3 is 0 Å². The van der Waals surface area contributed by atoms with Gasteiger partial charge in [0, 0.05) is 31.7 Å². The second-order valence-electron chi connectivity index (χ2n) is 8.64. The highest BCUT2D eigenvalue weighted by atomic mass is 19.1. The first-order valence-corrected chi connectivity index (χ1v) is 11.9. The molecule has 0 atom stereocenters. The first-order chi connectivity index (χ1) is 17.6. The third-order valence-corrected chi connectivity index (χ3v) is 6.13. The number of nitrogens with zero attached hydrogens (tertiary/aromatic N) is 3. The van der Waals surface area contributed by atoms with Crippen LogP contribution in [0.5, 0.6) is 5.75 Å². The maximum absolute atomic E-state index is 13.4. The molecule has 0 bridgehead atoms. The van der Waals surface area contributed by atoms with E-state index in [4.69, 9.17) is 14.0 Å². The van der Waals surface area contributed by atoms with Crippen LogP contribution in [0.4, 0.5) is 4.39 Å². The molecule has 8 nitrogen and oxygen atoms in total. The van der Waals surface area contributed by atoms with E-state index in [1.54, 1.807) is 25.1 Å². The first kappa shape index (κ1) is 23.9. The summed E-state index contributed by atoms with van der Waals surface area (Å²) in [5.74, 6) is 0.131. The molecule has 1 N–H and O–H groups in total. The van der Waals surface area contributed by atoms with Crippen LogP contribution in [0.15, 0.2) is 59.1 Å². The molecule has 5 rings (SSSR count). The highest BCUT2D eigenvalue weighted by Gasteiger charge is 2.19. The summed E-state index contributed by atoms with van der Waals surface area (Å²) in [6.07, 6.45) is 0. The molecular weight excluding hydrogens is 463 g/mol. The number of ether oxygens (including phenoxy) is 2. The van der Waals surface area contributed by atoms with Gasteiger partial charge in [-0.15, -0.1) is 0 Å². The minimum atomic E-state index is -0.347. The van der Waals surface area contributed by atoms with Gasteiger partial charge in [0.2, 0.25) is 0 Å². The number of benzene rings is 2. The number of halogens is 1. The van der Waals surface area contributed by atoms with Gasteiger partial charge in [-0.3, -0.25) is 9.69 Å². The minimum Gasteiger partial charge on any atom is -0.492 e. The van der Waals surface area contributed by atoms with Crippen molar-refractivity contribution in [2.75, 3.05) is 39.5 Å². The van der Waals surface area contributed by atoms with Gasteiger partial charge in [0.05, 0.1) is 35.6 Å². The number of pyridine rings is 1. The molecule has 2 aromatic heterocycles. The maximum atomic E-state index is 13.4. The summed E-state index contributed by atoms with van der Waals surface area (Å²) in [6, 6.07) is 15.3. The van der Waals surface area contributed by atoms with E-state index in [9.17, 15) is 9.18 Å². The van der Waals surface area contributed by atoms with Gasteiger partial charge in [-0.25, -0.2) is 9.37 Å². The number of carbonyl (C=O) groups is 1. The summed E-state index contributed by atoms with van der Waals surface area (Å²) in [5, 5.41) is 7.50. The van der Waals surface area contributed by atoms with E-state index in [0.717, 1.165) is 44.2 Å². The van der Waals surface area contributed by atoms with E-state index < -0.39 is 0 Å². The van der Waals surface area contributed by atoms with Gasteiger partial charge in [-0.1, -0.05) is 17.3 Å². The van der Waals surface area contributed by atoms with Crippen molar-refractivity contribution < 1.29 is 23.2 Å². The molecule has 1 aliphatic rings. The average Bonchev–Trinajstić information content (AvgIpc) is 3.28. The fourth-order valence-corrected chi connectivity index (χ4v) is 4.18. The Kier molecular flexibility index (Phi) is 7.20. The van der Waals surface area contributed by atoms with Crippen LogP contribution in [0.3, 0.4) is 0 Å². The molecule has 9 heteroatoms. The summed E-state index contributed by atoms with van der Waals surface area (Å²) < 4.78 is 30.0. The molecule has 0 radical (unpaired) electrons. The van der Waals surface area contributed by atoms with E-state index >= 15 is 0 Å². The molecule has 1 saturated heterocycles. The lowest BCUT2D eigenvalue weighted by Gasteiger charge is -2.26. The lowest BCUT2D eigenvalue weighted by atomic mass is 10.0.